The molecular weight excluding hydrogens is 216 g/mol. The number of hydrogen-bond donors (Lipinski definition) is 0. The van der Waals surface area contributed by atoms with E-state index in [1.54, 1.807) is 4.31 Å². The number of nitrogens with zero attached hydrogens (tertiary/aromatic N) is 2. The SMILES string of the molecule is CC1CCCN(S(=O)(=O)N2CCCO2)C1. The highest BCUT2D eigenvalue weighted by Crippen LogP contribution is 2.22. The minimum absolute atomic E-state index is 0.455. The third kappa shape index (κ3) is 2.33. The molecule has 1 atom stereocenters. The molecule has 0 amide bonds. The first kappa shape index (κ1) is 11.3. The molecule has 2 aliphatic heterocycles. The van der Waals surface area contributed by atoms with Gasteiger partial charge in [-0.25, -0.2) is 0 Å². The third-order valence-corrected chi connectivity index (χ3v) is 4.71. The normalized spacial score (nSPS) is 30.9. The van der Waals surface area contributed by atoms with E-state index in [2.05, 4.69) is 6.92 Å². The van der Waals surface area contributed by atoms with E-state index in [4.69, 9.17) is 4.84 Å². The molecule has 0 radical (unpaired) electrons. The van der Waals surface area contributed by atoms with Crippen molar-refractivity contribution in [2.24, 2.45) is 5.92 Å². The molecule has 2 aliphatic rings. The molecule has 2 heterocycles. The number of hydroxylamine groups is 1. The summed E-state index contributed by atoms with van der Waals surface area (Å²) in [5.74, 6) is 0.455. The molecule has 5 nitrogen and oxygen atoms in total. The second-order valence-electron chi connectivity index (χ2n) is 4.33. The molecule has 15 heavy (non-hydrogen) atoms. The van der Waals surface area contributed by atoms with E-state index in [1.165, 1.54) is 0 Å². The van der Waals surface area contributed by atoms with Crippen molar-refractivity contribution in [3.05, 3.63) is 0 Å². The van der Waals surface area contributed by atoms with Crippen LogP contribution in [-0.4, -0.2) is 43.4 Å². The van der Waals surface area contributed by atoms with Crippen LogP contribution in [0.3, 0.4) is 0 Å². The quantitative estimate of drug-likeness (QED) is 0.703. The third-order valence-electron chi connectivity index (χ3n) is 2.92. The summed E-state index contributed by atoms with van der Waals surface area (Å²) in [6, 6.07) is 0. The van der Waals surface area contributed by atoms with E-state index in [0.29, 0.717) is 32.2 Å². The van der Waals surface area contributed by atoms with Gasteiger partial charge in [0.25, 0.3) is 0 Å². The lowest BCUT2D eigenvalue weighted by Crippen LogP contribution is -2.46. The average Bonchev–Trinajstić information content (AvgIpc) is 2.71. The van der Waals surface area contributed by atoms with Crippen molar-refractivity contribution < 1.29 is 13.3 Å². The number of rotatable bonds is 2. The van der Waals surface area contributed by atoms with Crippen molar-refractivity contribution in [3.63, 3.8) is 0 Å². The van der Waals surface area contributed by atoms with Crippen LogP contribution in [-0.2, 0) is 15.0 Å². The summed E-state index contributed by atoms with van der Waals surface area (Å²) in [6.07, 6.45) is 2.86. The minimum atomic E-state index is -3.35. The Labute approximate surface area is 91.1 Å². The summed E-state index contributed by atoms with van der Waals surface area (Å²) in [7, 11) is -3.35. The van der Waals surface area contributed by atoms with Crippen molar-refractivity contribution in [2.75, 3.05) is 26.2 Å². The van der Waals surface area contributed by atoms with Crippen LogP contribution in [0.15, 0.2) is 0 Å². The molecule has 0 aromatic heterocycles. The van der Waals surface area contributed by atoms with Gasteiger partial charge >= 0.3 is 10.2 Å². The molecule has 0 aliphatic carbocycles. The first-order chi connectivity index (χ1) is 7.10. The van der Waals surface area contributed by atoms with E-state index in [9.17, 15) is 8.42 Å². The maximum absolute atomic E-state index is 12.1. The maximum Gasteiger partial charge on any atom is 0.304 e. The Morgan fingerprint density at radius 1 is 1.27 bits per heavy atom. The van der Waals surface area contributed by atoms with Crippen LogP contribution >= 0.6 is 0 Å². The fourth-order valence-corrected chi connectivity index (χ4v) is 3.72. The molecule has 0 aromatic carbocycles. The van der Waals surface area contributed by atoms with Gasteiger partial charge in [-0.1, -0.05) is 11.4 Å². The van der Waals surface area contributed by atoms with Gasteiger partial charge in [-0.05, 0) is 25.2 Å². The fourth-order valence-electron chi connectivity index (χ4n) is 2.09. The van der Waals surface area contributed by atoms with Gasteiger partial charge in [0.05, 0.1) is 6.61 Å². The lowest BCUT2D eigenvalue weighted by Gasteiger charge is -2.32. The standard InChI is InChI=1S/C9H18N2O3S/c1-9-4-2-5-10(8-9)15(12,13)11-6-3-7-14-11/h9H,2-8H2,1H3. The van der Waals surface area contributed by atoms with E-state index in [-0.39, 0.29) is 0 Å². The predicted molar refractivity (Wildman–Crippen MR) is 56.2 cm³/mol. The molecule has 6 heteroatoms. The second-order valence-corrected chi connectivity index (χ2v) is 6.15. The topological polar surface area (TPSA) is 49.9 Å². The van der Waals surface area contributed by atoms with Crippen molar-refractivity contribution in [1.29, 1.82) is 0 Å². The van der Waals surface area contributed by atoms with Gasteiger partial charge in [0.2, 0.25) is 0 Å². The first-order valence-corrected chi connectivity index (χ1v) is 6.91. The molecule has 0 bridgehead atoms. The van der Waals surface area contributed by atoms with Gasteiger partial charge in [0, 0.05) is 19.6 Å². The smallest absolute Gasteiger partial charge is 0.283 e. The van der Waals surface area contributed by atoms with Gasteiger partial charge in [0.15, 0.2) is 0 Å². The zero-order chi connectivity index (χ0) is 10.9. The van der Waals surface area contributed by atoms with Crippen molar-refractivity contribution >= 4 is 10.2 Å². The summed E-state index contributed by atoms with van der Waals surface area (Å²) in [5, 5.41) is 0. The summed E-state index contributed by atoms with van der Waals surface area (Å²) < 4.78 is 26.8. The highest BCUT2D eigenvalue weighted by Gasteiger charge is 2.35. The molecule has 88 valence electrons. The lowest BCUT2D eigenvalue weighted by atomic mass is 10.0. The minimum Gasteiger partial charge on any atom is -0.283 e. The number of hydrogen-bond acceptors (Lipinski definition) is 3. The van der Waals surface area contributed by atoms with Gasteiger partial charge in [-0.15, -0.1) is 0 Å². The first-order valence-electron chi connectivity index (χ1n) is 5.51. The Kier molecular flexibility index (Phi) is 3.30. The molecule has 0 saturated carbocycles. The summed E-state index contributed by atoms with van der Waals surface area (Å²) in [4.78, 5) is 5.11. The van der Waals surface area contributed by atoms with Crippen LogP contribution in [0.5, 0.6) is 0 Å². The number of piperidine rings is 1. The molecule has 2 saturated heterocycles. The Bertz CT molecular complexity index is 311. The van der Waals surface area contributed by atoms with E-state index in [1.807, 2.05) is 0 Å². The Hall–Kier alpha value is -0.170. The van der Waals surface area contributed by atoms with Crippen LogP contribution in [0.2, 0.25) is 0 Å². The molecule has 1 unspecified atom stereocenters. The van der Waals surface area contributed by atoms with E-state index in [0.717, 1.165) is 23.7 Å². The van der Waals surface area contributed by atoms with Crippen LogP contribution in [0.1, 0.15) is 26.2 Å². The molecule has 0 N–H and O–H groups in total. The zero-order valence-electron chi connectivity index (χ0n) is 9.05. The maximum atomic E-state index is 12.1. The molecule has 0 aromatic rings. The van der Waals surface area contributed by atoms with Crippen molar-refractivity contribution in [1.82, 2.24) is 8.77 Å². The zero-order valence-corrected chi connectivity index (χ0v) is 9.87. The van der Waals surface area contributed by atoms with Gasteiger partial charge in [-0.2, -0.15) is 12.7 Å². The predicted octanol–water partition coefficient (Wildman–Crippen LogP) is 0.600. The van der Waals surface area contributed by atoms with Crippen LogP contribution < -0.4 is 0 Å². The monoisotopic (exact) mass is 234 g/mol. The van der Waals surface area contributed by atoms with Gasteiger partial charge in [0.1, 0.15) is 0 Å². The van der Waals surface area contributed by atoms with Crippen molar-refractivity contribution in [2.45, 2.75) is 26.2 Å². The van der Waals surface area contributed by atoms with Crippen LogP contribution in [0.4, 0.5) is 0 Å². The lowest BCUT2D eigenvalue weighted by molar-refractivity contribution is -0.0350. The highest BCUT2D eigenvalue weighted by molar-refractivity contribution is 7.86. The fraction of sp³-hybridized carbons (Fsp3) is 1.00. The Balaban J connectivity index is 2.07. The van der Waals surface area contributed by atoms with Crippen LogP contribution in [0, 0.1) is 5.92 Å². The van der Waals surface area contributed by atoms with Crippen molar-refractivity contribution in [3.8, 4) is 0 Å². The highest BCUT2D eigenvalue weighted by atomic mass is 32.2. The van der Waals surface area contributed by atoms with E-state index < -0.39 is 10.2 Å². The van der Waals surface area contributed by atoms with Crippen LogP contribution in [0.25, 0.3) is 0 Å². The molecule has 2 fully saturated rings. The molecule has 2 rings (SSSR count). The summed E-state index contributed by atoms with van der Waals surface area (Å²) in [5.41, 5.74) is 0. The van der Waals surface area contributed by atoms with Gasteiger partial charge in [-0.3, -0.25) is 4.84 Å². The largest absolute Gasteiger partial charge is 0.304 e. The molecule has 0 spiro atoms. The molecular formula is C9H18N2O3S. The Morgan fingerprint density at radius 3 is 2.67 bits per heavy atom. The van der Waals surface area contributed by atoms with E-state index >= 15 is 0 Å². The summed E-state index contributed by atoms with van der Waals surface area (Å²) in [6.45, 7) is 4.36. The Morgan fingerprint density at radius 2 is 2.07 bits per heavy atom. The second kappa shape index (κ2) is 4.37. The van der Waals surface area contributed by atoms with Gasteiger partial charge < -0.3 is 0 Å². The average molecular weight is 234 g/mol. The summed E-state index contributed by atoms with van der Waals surface area (Å²) >= 11 is 0.